The predicted molar refractivity (Wildman–Crippen MR) is 107 cm³/mol. The van der Waals surface area contributed by atoms with Gasteiger partial charge in [-0.2, -0.15) is 0 Å². The van der Waals surface area contributed by atoms with Gasteiger partial charge in [-0.1, -0.05) is 23.8 Å². The van der Waals surface area contributed by atoms with Gasteiger partial charge in [0.25, 0.3) is 5.91 Å². The number of benzene rings is 2. The highest BCUT2D eigenvalue weighted by atomic mass is 16.3. The molecule has 1 saturated carbocycles. The van der Waals surface area contributed by atoms with Gasteiger partial charge in [-0.15, -0.1) is 5.10 Å². The van der Waals surface area contributed by atoms with E-state index in [-0.39, 0.29) is 11.2 Å². The summed E-state index contributed by atoms with van der Waals surface area (Å²) in [5, 5.41) is 15.2. The van der Waals surface area contributed by atoms with Gasteiger partial charge in [-0.3, -0.25) is 9.59 Å². The molecule has 1 aliphatic carbocycles. The van der Waals surface area contributed by atoms with Crippen molar-refractivity contribution in [2.45, 2.75) is 25.8 Å². The number of nitrogens with one attached hydrogen (secondary N) is 1. The smallest absolute Gasteiger partial charge is 0.291 e. The molecule has 0 bridgehead atoms. The molecule has 8 heteroatoms. The van der Waals surface area contributed by atoms with Crippen LogP contribution in [-0.4, -0.2) is 26.1 Å². The number of fused-ring (bicyclic) bond motifs is 1. The van der Waals surface area contributed by atoms with E-state index in [1.807, 2.05) is 29.8 Å². The van der Waals surface area contributed by atoms with E-state index in [1.165, 1.54) is 6.07 Å². The Morgan fingerprint density at radius 3 is 2.86 bits per heavy atom. The monoisotopic (exact) mass is 387 g/mol. The molecule has 1 amide bonds. The van der Waals surface area contributed by atoms with E-state index in [0.29, 0.717) is 28.5 Å². The molecule has 0 saturated heterocycles. The van der Waals surface area contributed by atoms with Crippen molar-refractivity contribution in [2.24, 2.45) is 0 Å². The second-order valence-electron chi connectivity index (χ2n) is 7.19. The number of hydrogen-bond acceptors (Lipinski definition) is 6. The van der Waals surface area contributed by atoms with Crippen molar-refractivity contribution in [1.82, 2.24) is 20.2 Å². The molecular weight excluding hydrogens is 370 g/mol. The lowest BCUT2D eigenvalue weighted by Gasteiger charge is -2.08. The first-order valence-corrected chi connectivity index (χ1v) is 9.33. The summed E-state index contributed by atoms with van der Waals surface area (Å²) in [6, 6.07) is 14.1. The second kappa shape index (κ2) is 6.66. The molecule has 0 radical (unpaired) electrons. The third-order valence-corrected chi connectivity index (χ3v) is 4.87. The Kier molecular flexibility index (Phi) is 3.97. The van der Waals surface area contributed by atoms with Gasteiger partial charge in [0, 0.05) is 17.3 Å². The zero-order chi connectivity index (χ0) is 20.0. The molecule has 144 valence electrons. The van der Waals surface area contributed by atoms with Crippen LogP contribution in [-0.2, 0) is 0 Å². The molecule has 1 fully saturated rings. The van der Waals surface area contributed by atoms with E-state index in [9.17, 15) is 9.59 Å². The Bertz CT molecular complexity index is 1300. The van der Waals surface area contributed by atoms with Gasteiger partial charge in [-0.25, -0.2) is 4.68 Å². The number of aromatic nitrogens is 4. The average Bonchev–Trinajstić information content (AvgIpc) is 3.44. The molecular formula is C21H17N5O3. The van der Waals surface area contributed by atoms with E-state index >= 15 is 0 Å². The minimum atomic E-state index is -0.497. The summed E-state index contributed by atoms with van der Waals surface area (Å²) in [4.78, 5) is 25.0. The third-order valence-electron chi connectivity index (χ3n) is 4.87. The lowest BCUT2D eigenvalue weighted by molar-refractivity contribution is 0.0997. The molecule has 2 heterocycles. The Labute approximate surface area is 165 Å². The van der Waals surface area contributed by atoms with Crippen molar-refractivity contribution < 1.29 is 9.21 Å². The van der Waals surface area contributed by atoms with Gasteiger partial charge in [0.15, 0.2) is 17.0 Å². The van der Waals surface area contributed by atoms with Crippen LogP contribution in [0.5, 0.6) is 0 Å². The highest BCUT2D eigenvalue weighted by Crippen LogP contribution is 2.36. The molecule has 5 rings (SSSR count). The van der Waals surface area contributed by atoms with Gasteiger partial charge in [0.2, 0.25) is 0 Å². The summed E-state index contributed by atoms with van der Waals surface area (Å²) in [5.74, 6) is 0.124. The number of nitrogens with zero attached hydrogens (tertiary/aromatic N) is 4. The number of carbonyl (C=O) groups is 1. The van der Waals surface area contributed by atoms with Crippen LogP contribution in [0.1, 0.15) is 35.0 Å². The fraction of sp³-hybridized carbons (Fsp3) is 0.190. The first kappa shape index (κ1) is 17.3. The highest BCUT2D eigenvalue weighted by Gasteiger charge is 2.28. The van der Waals surface area contributed by atoms with Crippen LogP contribution in [0.15, 0.2) is 57.7 Å². The molecule has 2 aromatic heterocycles. The Hall–Kier alpha value is -3.81. The summed E-state index contributed by atoms with van der Waals surface area (Å²) >= 11 is 0. The standard InChI is InChI=1S/C21H17N5O3/c1-12-5-8-18-16(9-12)17(27)11-19(29-18)21(28)22-14-4-2-3-13(10-14)20-23-24-25-26(20)15-6-7-15/h2-5,8-11,15H,6-7H2,1H3,(H,22,28). The topological polar surface area (TPSA) is 103 Å². The summed E-state index contributed by atoms with van der Waals surface area (Å²) in [7, 11) is 0. The van der Waals surface area contributed by atoms with Gasteiger partial charge < -0.3 is 9.73 Å². The summed E-state index contributed by atoms with van der Waals surface area (Å²) in [5.41, 5.74) is 2.44. The number of amides is 1. The quantitative estimate of drug-likeness (QED) is 0.576. The minimum Gasteiger partial charge on any atom is -0.451 e. The van der Waals surface area contributed by atoms with Crippen LogP contribution in [0.25, 0.3) is 22.4 Å². The summed E-state index contributed by atoms with van der Waals surface area (Å²) in [6.07, 6.45) is 2.13. The lowest BCUT2D eigenvalue weighted by Crippen LogP contribution is -2.15. The maximum Gasteiger partial charge on any atom is 0.291 e. The second-order valence-corrected chi connectivity index (χ2v) is 7.19. The lowest BCUT2D eigenvalue weighted by atomic mass is 10.1. The first-order valence-electron chi connectivity index (χ1n) is 9.33. The number of rotatable bonds is 4. The number of carbonyl (C=O) groups excluding carboxylic acids is 1. The largest absolute Gasteiger partial charge is 0.451 e. The minimum absolute atomic E-state index is 0.0421. The Balaban J connectivity index is 1.44. The molecule has 2 aromatic carbocycles. The average molecular weight is 387 g/mol. The fourth-order valence-electron chi connectivity index (χ4n) is 3.26. The van der Waals surface area contributed by atoms with Crippen molar-refractivity contribution in [3.05, 3.63) is 70.1 Å². The SMILES string of the molecule is Cc1ccc2oc(C(=O)Nc3cccc(-c4nnnn4C4CC4)c3)cc(=O)c2c1. The Morgan fingerprint density at radius 2 is 2.03 bits per heavy atom. The predicted octanol–water partition coefficient (Wildman–Crippen LogP) is 3.34. The Morgan fingerprint density at radius 1 is 1.17 bits per heavy atom. The molecule has 0 unspecified atom stereocenters. The molecule has 0 atom stereocenters. The normalized spacial score (nSPS) is 13.6. The zero-order valence-corrected chi connectivity index (χ0v) is 15.6. The van der Waals surface area contributed by atoms with Gasteiger partial charge >= 0.3 is 0 Å². The molecule has 0 spiro atoms. The number of aryl methyl sites for hydroxylation is 1. The molecule has 4 aromatic rings. The molecule has 1 aliphatic rings. The van der Waals surface area contributed by atoms with E-state index in [0.717, 1.165) is 24.0 Å². The highest BCUT2D eigenvalue weighted by molar-refractivity contribution is 6.03. The maximum absolute atomic E-state index is 12.7. The van der Waals surface area contributed by atoms with Crippen molar-refractivity contribution >= 4 is 22.6 Å². The van der Waals surface area contributed by atoms with Crippen molar-refractivity contribution in [3.8, 4) is 11.4 Å². The molecule has 1 N–H and O–H groups in total. The van der Waals surface area contributed by atoms with Gasteiger partial charge in [-0.05, 0) is 54.5 Å². The van der Waals surface area contributed by atoms with Crippen LogP contribution < -0.4 is 10.7 Å². The number of tetrazole rings is 1. The summed E-state index contributed by atoms with van der Waals surface area (Å²) < 4.78 is 7.46. The van der Waals surface area contributed by atoms with Gasteiger partial charge in [0.05, 0.1) is 11.4 Å². The van der Waals surface area contributed by atoms with Crippen molar-refractivity contribution in [3.63, 3.8) is 0 Å². The first-order chi connectivity index (χ1) is 14.1. The molecule has 29 heavy (non-hydrogen) atoms. The van der Waals surface area contributed by atoms with E-state index in [4.69, 9.17) is 4.42 Å². The van der Waals surface area contributed by atoms with Crippen molar-refractivity contribution in [1.29, 1.82) is 0 Å². The van der Waals surface area contributed by atoms with Crippen LogP contribution in [0, 0.1) is 6.92 Å². The molecule has 8 nitrogen and oxygen atoms in total. The van der Waals surface area contributed by atoms with E-state index in [2.05, 4.69) is 20.8 Å². The van der Waals surface area contributed by atoms with Crippen LogP contribution in [0.3, 0.4) is 0 Å². The third kappa shape index (κ3) is 3.29. The van der Waals surface area contributed by atoms with Gasteiger partial charge in [0.1, 0.15) is 5.58 Å². The van der Waals surface area contributed by atoms with E-state index in [1.54, 1.807) is 24.3 Å². The van der Waals surface area contributed by atoms with Crippen molar-refractivity contribution in [2.75, 3.05) is 5.32 Å². The maximum atomic E-state index is 12.7. The van der Waals surface area contributed by atoms with Crippen LogP contribution in [0.4, 0.5) is 5.69 Å². The zero-order valence-electron chi connectivity index (χ0n) is 15.6. The number of hydrogen-bond donors (Lipinski definition) is 1. The van der Waals surface area contributed by atoms with Crippen LogP contribution >= 0.6 is 0 Å². The fourth-order valence-corrected chi connectivity index (χ4v) is 3.26. The van der Waals surface area contributed by atoms with Crippen LogP contribution in [0.2, 0.25) is 0 Å². The number of anilines is 1. The summed E-state index contributed by atoms with van der Waals surface area (Å²) in [6.45, 7) is 1.89. The molecule has 0 aliphatic heterocycles. The van der Waals surface area contributed by atoms with E-state index < -0.39 is 5.91 Å².